The minimum atomic E-state index is 0.633. The van der Waals surface area contributed by atoms with E-state index in [-0.39, 0.29) is 0 Å². The Labute approximate surface area is 297 Å². The van der Waals surface area contributed by atoms with Crippen LogP contribution in [0.5, 0.6) is 0 Å². The average Bonchev–Trinajstić information content (AvgIpc) is 3.59. The van der Waals surface area contributed by atoms with E-state index in [4.69, 9.17) is 10.7 Å². The summed E-state index contributed by atoms with van der Waals surface area (Å²) in [5, 5.41) is 12.3. The summed E-state index contributed by atoms with van der Waals surface area (Å²) in [5.74, 6) is 0.911. The van der Waals surface area contributed by atoms with E-state index in [1.165, 1.54) is 11.8 Å². The Balaban J connectivity index is 1.16. The molecular weight excluding hydrogens is 621 g/mol. The summed E-state index contributed by atoms with van der Waals surface area (Å²) in [6, 6.07) is 57.4. The number of fused-ring (bicyclic) bond motifs is 2. The third-order valence-electron chi connectivity index (χ3n) is 9.33. The molecule has 4 nitrogen and oxygen atoms in total. The van der Waals surface area contributed by atoms with Gasteiger partial charge in [-0.3, -0.25) is 4.57 Å². The quantitative estimate of drug-likeness (QED) is 0.166. The summed E-state index contributed by atoms with van der Waals surface area (Å²) in [4.78, 5) is 5.05. The van der Waals surface area contributed by atoms with Crippen LogP contribution in [0.3, 0.4) is 0 Å². The van der Waals surface area contributed by atoms with Crippen LogP contribution in [0.1, 0.15) is 11.1 Å². The standard InChI is InChI=1S/C47H34N4/c48-28-10-2-3-11-33-18-20-35(21-19-33)38-29-34(32-49)30-39(31-38)42-27-26-41(43-14-6-7-15-44(42)43)36-22-24-37(25-23-36)47-50-45-16-8-9-17-46(45)51(47)40-12-4-1-5-13-40/h1-10,12-31H,11,48H2/b3-2-,28-10-. The lowest BCUT2D eigenvalue weighted by molar-refractivity contribution is 1.10. The van der Waals surface area contributed by atoms with Crippen molar-refractivity contribution in [2.75, 3.05) is 0 Å². The zero-order valence-electron chi connectivity index (χ0n) is 27.9. The molecule has 0 radical (unpaired) electrons. The predicted molar refractivity (Wildman–Crippen MR) is 211 cm³/mol. The maximum atomic E-state index is 10.0. The highest BCUT2D eigenvalue weighted by Crippen LogP contribution is 2.38. The van der Waals surface area contributed by atoms with Gasteiger partial charge in [-0.25, -0.2) is 4.98 Å². The Hall–Kier alpha value is -6.96. The van der Waals surface area contributed by atoms with Gasteiger partial charge in [0, 0.05) is 11.3 Å². The second kappa shape index (κ2) is 13.9. The van der Waals surface area contributed by atoms with E-state index in [1.807, 2.05) is 36.4 Å². The summed E-state index contributed by atoms with van der Waals surface area (Å²) in [7, 11) is 0. The van der Waals surface area contributed by atoms with Crippen LogP contribution in [-0.4, -0.2) is 9.55 Å². The minimum absolute atomic E-state index is 0.633. The fraction of sp³-hybridized carbons (Fsp3) is 0.0213. The number of hydrogen-bond acceptors (Lipinski definition) is 3. The lowest BCUT2D eigenvalue weighted by atomic mass is 9.90. The van der Waals surface area contributed by atoms with E-state index in [2.05, 4.69) is 150 Å². The van der Waals surface area contributed by atoms with Gasteiger partial charge in [-0.05, 0) is 111 Å². The Bertz CT molecular complexity index is 2600. The normalized spacial score (nSPS) is 11.5. The molecule has 0 fully saturated rings. The van der Waals surface area contributed by atoms with Gasteiger partial charge in [0.1, 0.15) is 5.82 Å². The van der Waals surface area contributed by atoms with Crippen molar-refractivity contribution in [2.45, 2.75) is 6.42 Å². The number of allylic oxidation sites excluding steroid dienone is 3. The molecule has 242 valence electrons. The molecule has 8 aromatic rings. The van der Waals surface area contributed by atoms with Gasteiger partial charge in [-0.15, -0.1) is 0 Å². The third kappa shape index (κ3) is 6.21. The summed E-state index contributed by atoms with van der Waals surface area (Å²) in [6.45, 7) is 0. The maximum Gasteiger partial charge on any atom is 0.145 e. The van der Waals surface area contributed by atoms with E-state index in [9.17, 15) is 5.26 Å². The van der Waals surface area contributed by atoms with Gasteiger partial charge in [0.25, 0.3) is 0 Å². The molecule has 1 aromatic heterocycles. The first-order valence-corrected chi connectivity index (χ1v) is 17.0. The summed E-state index contributed by atoms with van der Waals surface area (Å²) in [6.07, 6.45) is 8.20. The van der Waals surface area contributed by atoms with Gasteiger partial charge in [-0.1, -0.05) is 127 Å². The van der Waals surface area contributed by atoms with Crippen LogP contribution in [-0.2, 0) is 6.42 Å². The number of nitrogens with two attached hydrogens (primary N) is 1. The van der Waals surface area contributed by atoms with Crippen LogP contribution in [0, 0.1) is 11.3 Å². The van der Waals surface area contributed by atoms with E-state index in [1.54, 1.807) is 0 Å². The molecule has 4 heteroatoms. The molecule has 0 amide bonds. The first kappa shape index (κ1) is 31.3. The molecule has 0 atom stereocenters. The summed E-state index contributed by atoms with van der Waals surface area (Å²) < 4.78 is 2.23. The third-order valence-corrected chi connectivity index (χ3v) is 9.33. The zero-order valence-corrected chi connectivity index (χ0v) is 27.9. The summed E-state index contributed by atoms with van der Waals surface area (Å²) in [5.41, 5.74) is 17.9. The van der Waals surface area contributed by atoms with Crippen LogP contribution >= 0.6 is 0 Å². The smallest absolute Gasteiger partial charge is 0.145 e. The van der Waals surface area contributed by atoms with E-state index in [0.29, 0.717) is 5.56 Å². The van der Waals surface area contributed by atoms with Gasteiger partial charge in [0.2, 0.25) is 0 Å². The monoisotopic (exact) mass is 654 g/mol. The fourth-order valence-corrected chi connectivity index (χ4v) is 6.85. The topological polar surface area (TPSA) is 67.6 Å². The minimum Gasteiger partial charge on any atom is -0.405 e. The number of rotatable bonds is 8. The molecule has 0 bridgehead atoms. The van der Waals surface area contributed by atoms with Crippen molar-refractivity contribution in [3.8, 4) is 56.5 Å². The summed E-state index contributed by atoms with van der Waals surface area (Å²) >= 11 is 0. The number of nitriles is 1. The highest BCUT2D eigenvalue weighted by Gasteiger charge is 2.16. The van der Waals surface area contributed by atoms with Crippen LogP contribution in [0.4, 0.5) is 0 Å². The molecule has 1 heterocycles. The molecule has 0 aliphatic rings. The first-order chi connectivity index (χ1) is 25.2. The number of nitrogens with zero attached hydrogens (tertiary/aromatic N) is 3. The van der Waals surface area contributed by atoms with Crippen LogP contribution in [0.25, 0.3) is 72.3 Å². The second-order valence-electron chi connectivity index (χ2n) is 12.5. The number of aromatic nitrogens is 2. The lowest BCUT2D eigenvalue weighted by Crippen LogP contribution is -1.97. The molecule has 0 spiro atoms. The molecular formula is C47H34N4. The molecule has 7 aromatic carbocycles. The van der Waals surface area contributed by atoms with Crippen molar-refractivity contribution in [2.24, 2.45) is 5.73 Å². The Kier molecular flexibility index (Phi) is 8.52. The van der Waals surface area contributed by atoms with Crippen LogP contribution < -0.4 is 5.73 Å². The lowest BCUT2D eigenvalue weighted by Gasteiger charge is -2.14. The van der Waals surface area contributed by atoms with Crippen molar-refractivity contribution < 1.29 is 0 Å². The Morgan fingerprint density at radius 2 is 1.22 bits per heavy atom. The van der Waals surface area contributed by atoms with Crippen molar-refractivity contribution in [3.05, 3.63) is 193 Å². The number of hydrogen-bond donors (Lipinski definition) is 1. The molecule has 2 N–H and O–H groups in total. The predicted octanol–water partition coefficient (Wildman–Crippen LogP) is 11.3. The first-order valence-electron chi connectivity index (χ1n) is 17.0. The van der Waals surface area contributed by atoms with Crippen LogP contribution in [0.15, 0.2) is 182 Å². The highest BCUT2D eigenvalue weighted by atomic mass is 15.1. The maximum absolute atomic E-state index is 10.0. The van der Waals surface area contributed by atoms with Gasteiger partial charge in [-0.2, -0.15) is 5.26 Å². The number of imidazole rings is 1. The fourth-order valence-electron chi connectivity index (χ4n) is 6.85. The Morgan fingerprint density at radius 1 is 0.588 bits per heavy atom. The molecule has 8 rings (SSSR count). The zero-order chi connectivity index (χ0) is 34.6. The second-order valence-corrected chi connectivity index (χ2v) is 12.5. The van der Waals surface area contributed by atoms with Crippen molar-refractivity contribution in [3.63, 3.8) is 0 Å². The Morgan fingerprint density at radius 3 is 1.94 bits per heavy atom. The van der Waals surface area contributed by atoms with Crippen molar-refractivity contribution in [1.82, 2.24) is 9.55 Å². The van der Waals surface area contributed by atoms with Gasteiger partial charge in [0.15, 0.2) is 0 Å². The van der Waals surface area contributed by atoms with Crippen molar-refractivity contribution >= 4 is 21.8 Å². The van der Waals surface area contributed by atoms with E-state index in [0.717, 1.165) is 78.7 Å². The van der Waals surface area contributed by atoms with Gasteiger partial charge < -0.3 is 5.73 Å². The van der Waals surface area contributed by atoms with Gasteiger partial charge in [0.05, 0.1) is 22.7 Å². The molecule has 0 saturated carbocycles. The average molecular weight is 655 g/mol. The van der Waals surface area contributed by atoms with E-state index >= 15 is 0 Å². The van der Waals surface area contributed by atoms with Crippen molar-refractivity contribution in [1.29, 1.82) is 5.26 Å². The molecule has 0 saturated heterocycles. The molecule has 0 aliphatic heterocycles. The molecule has 0 unspecified atom stereocenters. The SMILES string of the molecule is N#Cc1cc(-c2ccc(C/C=C\C=C/N)cc2)cc(-c2ccc(-c3ccc(-c4nc5ccccc5n4-c4ccccc4)cc3)c3ccccc23)c1. The molecule has 51 heavy (non-hydrogen) atoms. The highest BCUT2D eigenvalue weighted by molar-refractivity contribution is 6.05. The molecule has 0 aliphatic carbocycles. The van der Waals surface area contributed by atoms with Crippen LogP contribution in [0.2, 0.25) is 0 Å². The van der Waals surface area contributed by atoms with E-state index < -0.39 is 0 Å². The largest absolute Gasteiger partial charge is 0.405 e. The number of benzene rings is 7. The number of para-hydroxylation sites is 3. The van der Waals surface area contributed by atoms with Gasteiger partial charge >= 0.3 is 0 Å².